The Hall–Kier alpha value is -1.93. The molecule has 0 saturated heterocycles. The number of carbonyl (C=O) groups excluding carboxylic acids is 1. The molecule has 0 aliphatic rings. The van der Waals surface area contributed by atoms with Crippen molar-refractivity contribution in [2.45, 2.75) is 24.2 Å². The summed E-state index contributed by atoms with van der Waals surface area (Å²) in [4.78, 5) is 12.8. The lowest BCUT2D eigenvalue weighted by molar-refractivity contribution is -0.120. The van der Waals surface area contributed by atoms with Crippen molar-refractivity contribution in [2.24, 2.45) is 5.73 Å². The van der Waals surface area contributed by atoms with Gasteiger partial charge in [-0.3, -0.25) is 4.79 Å². The number of sulfonamides is 1. The minimum Gasteiger partial charge on any atom is -0.329 e. The molecule has 0 aliphatic heterocycles. The van der Waals surface area contributed by atoms with Crippen LogP contribution in [0, 0.1) is 0 Å². The lowest BCUT2D eigenvalue weighted by atomic mass is 9.83. The molecule has 2 aromatic rings. The molecule has 0 radical (unpaired) electrons. The maximum absolute atomic E-state index is 12.7. The Kier molecular flexibility index (Phi) is 7.77. The van der Waals surface area contributed by atoms with Crippen molar-refractivity contribution < 1.29 is 13.2 Å². The summed E-state index contributed by atoms with van der Waals surface area (Å²) in [7, 11) is -3.65. The zero-order chi connectivity index (χ0) is 18.5. The third-order valence-electron chi connectivity index (χ3n) is 3.90. The quantitative estimate of drug-likeness (QED) is 0.666. The lowest BCUT2D eigenvalue weighted by Crippen LogP contribution is -2.34. The molecule has 6 nitrogen and oxygen atoms in total. The van der Waals surface area contributed by atoms with E-state index in [4.69, 9.17) is 5.73 Å². The van der Waals surface area contributed by atoms with Gasteiger partial charge in [0.05, 0.1) is 10.3 Å². The molecule has 2 rings (SSSR count). The summed E-state index contributed by atoms with van der Waals surface area (Å²) >= 11 is 0. The first kappa shape index (κ1) is 22.1. The van der Waals surface area contributed by atoms with Crippen molar-refractivity contribution in [3.8, 4) is 0 Å². The van der Waals surface area contributed by atoms with Crippen LogP contribution in [0.15, 0.2) is 59.5 Å². The number of carbonyl (C=O) groups is 1. The average Bonchev–Trinajstić information content (AvgIpc) is 2.61. The predicted octanol–water partition coefficient (Wildman–Crippen LogP) is 2.26. The monoisotopic (exact) mass is 397 g/mol. The minimum atomic E-state index is -3.65. The van der Waals surface area contributed by atoms with E-state index in [9.17, 15) is 13.2 Å². The molecule has 8 heteroatoms. The van der Waals surface area contributed by atoms with Gasteiger partial charge in [0, 0.05) is 18.8 Å². The minimum absolute atomic E-state index is 0. The zero-order valence-corrected chi connectivity index (χ0v) is 16.4. The highest BCUT2D eigenvalue weighted by Gasteiger charge is 2.29. The van der Waals surface area contributed by atoms with Gasteiger partial charge in [0.25, 0.3) is 0 Å². The Morgan fingerprint density at radius 3 is 2.35 bits per heavy atom. The molecule has 0 heterocycles. The fourth-order valence-electron chi connectivity index (χ4n) is 2.29. The smallest absolute Gasteiger partial charge is 0.240 e. The molecule has 0 spiro atoms. The van der Waals surface area contributed by atoms with Crippen LogP contribution in [-0.4, -0.2) is 27.4 Å². The van der Waals surface area contributed by atoms with E-state index >= 15 is 0 Å². The molecule has 0 aromatic heterocycles. The second-order valence-electron chi connectivity index (χ2n) is 6.16. The predicted molar refractivity (Wildman–Crippen MR) is 106 cm³/mol. The van der Waals surface area contributed by atoms with Crippen LogP contribution in [0.25, 0.3) is 0 Å². The third kappa shape index (κ3) is 5.28. The van der Waals surface area contributed by atoms with Gasteiger partial charge in [-0.1, -0.05) is 36.4 Å². The van der Waals surface area contributed by atoms with Crippen LogP contribution < -0.4 is 15.8 Å². The van der Waals surface area contributed by atoms with E-state index in [1.54, 1.807) is 12.1 Å². The number of halogens is 1. The first-order valence-corrected chi connectivity index (χ1v) is 9.42. The first-order chi connectivity index (χ1) is 11.8. The van der Waals surface area contributed by atoms with Crippen molar-refractivity contribution in [1.29, 1.82) is 0 Å². The Morgan fingerprint density at radius 2 is 1.73 bits per heavy atom. The van der Waals surface area contributed by atoms with Crippen LogP contribution in [0.2, 0.25) is 0 Å². The van der Waals surface area contributed by atoms with Crippen LogP contribution in [0.1, 0.15) is 19.4 Å². The standard InChI is InChI=1S/C18H23N3O3S.ClH/c1-18(2,14-7-4-3-5-8-14)17(22)21-15-9-6-10-16(13-15)25(23,24)20-12-11-19;/h3-10,13,20H,11-12,19H2,1-2H3,(H,21,22);1H. The molecule has 0 unspecified atom stereocenters. The van der Waals surface area contributed by atoms with Crippen molar-refractivity contribution in [3.05, 3.63) is 60.2 Å². The number of benzene rings is 2. The summed E-state index contributed by atoms with van der Waals surface area (Å²) in [6.45, 7) is 4.00. The maximum atomic E-state index is 12.7. The van der Waals surface area contributed by atoms with E-state index in [1.165, 1.54) is 12.1 Å². The van der Waals surface area contributed by atoms with E-state index in [1.807, 2.05) is 44.2 Å². The number of rotatable bonds is 7. The third-order valence-corrected chi connectivity index (χ3v) is 5.36. The molecule has 2 aromatic carbocycles. The fraction of sp³-hybridized carbons (Fsp3) is 0.278. The first-order valence-electron chi connectivity index (χ1n) is 7.94. The summed E-state index contributed by atoms with van der Waals surface area (Å²) in [5.74, 6) is -0.219. The van der Waals surface area contributed by atoms with Gasteiger partial charge in [-0.25, -0.2) is 13.1 Å². The summed E-state index contributed by atoms with van der Waals surface area (Å²) in [6, 6.07) is 15.5. The molecule has 0 bridgehead atoms. The fourth-order valence-corrected chi connectivity index (χ4v) is 3.38. The van der Waals surface area contributed by atoms with Gasteiger partial charge in [0.15, 0.2) is 0 Å². The van der Waals surface area contributed by atoms with E-state index in [2.05, 4.69) is 10.0 Å². The highest BCUT2D eigenvalue weighted by molar-refractivity contribution is 7.89. The molecule has 0 saturated carbocycles. The maximum Gasteiger partial charge on any atom is 0.240 e. The molecule has 0 aliphatic carbocycles. The second-order valence-corrected chi connectivity index (χ2v) is 7.93. The van der Waals surface area contributed by atoms with Crippen molar-refractivity contribution in [1.82, 2.24) is 4.72 Å². The number of amides is 1. The highest BCUT2D eigenvalue weighted by atomic mass is 35.5. The van der Waals surface area contributed by atoms with Gasteiger partial charge < -0.3 is 11.1 Å². The number of hydrogen-bond acceptors (Lipinski definition) is 4. The normalized spacial score (nSPS) is 11.5. The Labute approximate surface area is 160 Å². The van der Waals surface area contributed by atoms with Crippen molar-refractivity contribution in [3.63, 3.8) is 0 Å². The van der Waals surface area contributed by atoms with E-state index in [-0.39, 0.29) is 36.3 Å². The van der Waals surface area contributed by atoms with Crippen LogP contribution in [0.3, 0.4) is 0 Å². The van der Waals surface area contributed by atoms with E-state index in [0.717, 1.165) is 5.56 Å². The molecule has 4 N–H and O–H groups in total. The Bertz CT molecular complexity index is 840. The molecule has 142 valence electrons. The van der Waals surface area contributed by atoms with Gasteiger partial charge in [0.1, 0.15) is 0 Å². The van der Waals surface area contributed by atoms with Gasteiger partial charge in [0.2, 0.25) is 15.9 Å². The van der Waals surface area contributed by atoms with Gasteiger partial charge in [-0.05, 0) is 37.6 Å². The molecule has 0 fully saturated rings. The lowest BCUT2D eigenvalue weighted by Gasteiger charge is -2.24. The van der Waals surface area contributed by atoms with Crippen LogP contribution >= 0.6 is 12.4 Å². The number of nitrogens with one attached hydrogen (secondary N) is 2. The number of anilines is 1. The average molecular weight is 398 g/mol. The summed E-state index contributed by atoms with van der Waals surface area (Å²) < 4.78 is 26.7. The second kappa shape index (κ2) is 9.14. The summed E-state index contributed by atoms with van der Waals surface area (Å²) in [5.41, 5.74) is 5.87. The Balaban J connectivity index is 0.00000338. The van der Waals surface area contributed by atoms with E-state index in [0.29, 0.717) is 5.69 Å². The summed E-state index contributed by atoms with van der Waals surface area (Å²) in [6.07, 6.45) is 0. The Morgan fingerprint density at radius 1 is 1.08 bits per heavy atom. The molecule has 26 heavy (non-hydrogen) atoms. The van der Waals surface area contributed by atoms with Gasteiger partial charge in [-0.15, -0.1) is 12.4 Å². The SMILES string of the molecule is CC(C)(C(=O)Nc1cccc(S(=O)(=O)NCCN)c1)c1ccccc1.Cl. The van der Waals surface area contributed by atoms with Crippen LogP contribution in [-0.2, 0) is 20.2 Å². The van der Waals surface area contributed by atoms with Gasteiger partial charge in [-0.2, -0.15) is 0 Å². The number of nitrogens with two attached hydrogens (primary N) is 1. The van der Waals surface area contributed by atoms with Gasteiger partial charge >= 0.3 is 0 Å². The van der Waals surface area contributed by atoms with Crippen LogP contribution in [0.5, 0.6) is 0 Å². The molecule has 0 atom stereocenters. The molecular formula is C18H24ClN3O3S. The topological polar surface area (TPSA) is 101 Å². The van der Waals surface area contributed by atoms with Crippen molar-refractivity contribution >= 4 is 34.0 Å². The van der Waals surface area contributed by atoms with E-state index < -0.39 is 15.4 Å². The number of hydrogen-bond donors (Lipinski definition) is 3. The molecular weight excluding hydrogens is 374 g/mol. The summed E-state index contributed by atoms with van der Waals surface area (Å²) in [5, 5.41) is 2.79. The highest BCUT2D eigenvalue weighted by Crippen LogP contribution is 2.25. The van der Waals surface area contributed by atoms with Crippen LogP contribution in [0.4, 0.5) is 5.69 Å². The van der Waals surface area contributed by atoms with Crippen molar-refractivity contribution in [2.75, 3.05) is 18.4 Å². The zero-order valence-electron chi connectivity index (χ0n) is 14.7. The molecule has 1 amide bonds. The largest absolute Gasteiger partial charge is 0.329 e.